The summed E-state index contributed by atoms with van der Waals surface area (Å²) in [5.41, 5.74) is 1.14. The molecule has 3 rings (SSSR count). The smallest absolute Gasteiger partial charge is 0.303 e. The number of carboxylic acids is 1. The van der Waals surface area contributed by atoms with Gasteiger partial charge in [-0.1, -0.05) is 12.1 Å². The van der Waals surface area contributed by atoms with Gasteiger partial charge < -0.3 is 15.0 Å². The van der Waals surface area contributed by atoms with E-state index in [4.69, 9.17) is 5.11 Å². The SMILES string of the molecule is Cn1c2c(c(=O)c3ccccc31)C(=O)NC2CCC(=O)O. The van der Waals surface area contributed by atoms with Crippen LogP contribution in [0.15, 0.2) is 29.1 Å². The summed E-state index contributed by atoms with van der Waals surface area (Å²) in [5.74, 6) is -1.35. The Morgan fingerprint density at radius 1 is 1.33 bits per heavy atom. The van der Waals surface area contributed by atoms with E-state index in [1.54, 1.807) is 23.7 Å². The second-order valence-corrected chi connectivity index (χ2v) is 5.12. The summed E-state index contributed by atoms with van der Waals surface area (Å²) in [6.07, 6.45) is 0.200. The molecule has 0 fully saturated rings. The molecule has 0 spiro atoms. The number of amides is 1. The molecular formula is C15H14N2O4. The van der Waals surface area contributed by atoms with E-state index in [-0.39, 0.29) is 23.8 Å². The number of fused-ring (bicyclic) bond motifs is 2. The lowest BCUT2D eigenvalue weighted by Gasteiger charge is -2.16. The first kappa shape index (κ1) is 13.4. The van der Waals surface area contributed by atoms with E-state index in [0.717, 1.165) is 5.52 Å². The van der Waals surface area contributed by atoms with E-state index in [9.17, 15) is 14.4 Å². The Labute approximate surface area is 120 Å². The maximum Gasteiger partial charge on any atom is 0.303 e. The molecule has 0 radical (unpaired) electrons. The van der Waals surface area contributed by atoms with Crippen molar-refractivity contribution in [1.29, 1.82) is 0 Å². The number of pyridine rings is 1. The Kier molecular flexibility index (Phi) is 3.01. The third-order valence-corrected chi connectivity index (χ3v) is 3.86. The molecule has 6 nitrogen and oxygen atoms in total. The highest BCUT2D eigenvalue weighted by atomic mass is 16.4. The summed E-state index contributed by atoms with van der Waals surface area (Å²) in [6.45, 7) is 0. The maximum atomic E-state index is 12.5. The van der Waals surface area contributed by atoms with Gasteiger partial charge in [-0.25, -0.2) is 0 Å². The number of aliphatic carboxylic acids is 1. The molecule has 2 heterocycles. The topological polar surface area (TPSA) is 88.4 Å². The van der Waals surface area contributed by atoms with E-state index >= 15 is 0 Å². The molecule has 0 bridgehead atoms. The lowest BCUT2D eigenvalue weighted by Crippen LogP contribution is -2.22. The van der Waals surface area contributed by atoms with Crippen molar-refractivity contribution in [3.05, 3.63) is 45.7 Å². The van der Waals surface area contributed by atoms with Crippen molar-refractivity contribution in [3.63, 3.8) is 0 Å². The lowest BCUT2D eigenvalue weighted by atomic mass is 10.0. The van der Waals surface area contributed by atoms with Gasteiger partial charge in [0.2, 0.25) is 5.43 Å². The quantitative estimate of drug-likeness (QED) is 0.887. The number of carbonyl (C=O) groups is 2. The van der Waals surface area contributed by atoms with Crippen molar-refractivity contribution in [2.24, 2.45) is 7.05 Å². The van der Waals surface area contributed by atoms with E-state index in [2.05, 4.69) is 5.32 Å². The molecule has 0 saturated carbocycles. The van der Waals surface area contributed by atoms with Crippen LogP contribution in [0.3, 0.4) is 0 Å². The molecule has 1 amide bonds. The van der Waals surface area contributed by atoms with Gasteiger partial charge in [-0.3, -0.25) is 14.4 Å². The zero-order valence-electron chi connectivity index (χ0n) is 11.4. The van der Waals surface area contributed by atoms with Gasteiger partial charge in [0.15, 0.2) is 0 Å². The number of carbonyl (C=O) groups excluding carboxylic acids is 1. The summed E-state index contributed by atoms with van der Waals surface area (Å²) in [4.78, 5) is 35.3. The van der Waals surface area contributed by atoms with Crippen LogP contribution in [0, 0.1) is 0 Å². The second-order valence-electron chi connectivity index (χ2n) is 5.12. The van der Waals surface area contributed by atoms with Crippen molar-refractivity contribution in [1.82, 2.24) is 9.88 Å². The number of hydrogen-bond donors (Lipinski definition) is 2. The predicted octanol–water partition coefficient (Wildman–Crippen LogP) is 1.19. The predicted molar refractivity (Wildman–Crippen MR) is 76.3 cm³/mol. The number of benzene rings is 1. The van der Waals surface area contributed by atoms with Gasteiger partial charge in [0, 0.05) is 18.9 Å². The summed E-state index contributed by atoms with van der Waals surface area (Å²) in [7, 11) is 1.79. The average molecular weight is 286 g/mol. The molecule has 2 aromatic rings. The van der Waals surface area contributed by atoms with Gasteiger partial charge in [0.25, 0.3) is 5.91 Å². The minimum absolute atomic E-state index is 0.0641. The van der Waals surface area contributed by atoms with E-state index in [1.807, 2.05) is 12.1 Å². The van der Waals surface area contributed by atoms with Crippen molar-refractivity contribution in [3.8, 4) is 0 Å². The van der Waals surface area contributed by atoms with Gasteiger partial charge in [0.1, 0.15) is 5.56 Å². The zero-order valence-corrected chi connectivity index (χ0v) is 11.4. The number of carboxylic acid groups (broad SMARTS) is 1. The number of nitrogens with one attached hydrogen (secondary N) is 1. The molecule has 0 aliphatic carbocycles. The van der Waals surface area contributed by atoms with Crippen LogP contribution in [0.2, 0.25) is 0 Å². The van der Waals surface area contributed by atoms with Crippen LogP contribution in [-0.2, 0) is 11.8 Å². The minimum atomic E-state index is -0.927. The van der Waals surface area contributed by atoms with Gasteiger partial charge in [-0.15, -0.1) is 0 Å². The zero-order chi connectivity index (χ0) is 15.1. The Morgan fingerprint density at radius 2 is 2.05 bits per heavy atom. The third-order valence-electron chi connectivity index (χ3n) is 3.86. The highest BCUT2D eigenvalue weighted by Crippen LogP contribution is 2.29. The third kappa shape index (κ3) is 1.99. The molecule has 108 valence electrons. The van der Waals surface area contributed by atoms with Crippen molar-refractivity contribution < 1.29 is 14.7 Å². The highest BCUT2D eigenvalue weighted by Gasteiger charge is 2.34. The molecule has 6 heteroatoms. The number of aryl methyl sites for hydroxylation is 1. The molecule has 0 saturated heterocycles. The summed E-state index contributed by atoms with van der Waals surface area (Å²) < 4.78 is 1.80. The average Bonchev–Trinajstić information content (AvgIpc) is 2.80. The normalized spacial score (nSPS) is 16.8. The fourth-order valence-corrected chi connectivity index (χ4v) is 2.91. The molecular weight excluding hydrogens is 272 g/mol. The number of rotatable bonds is 3. The molecule has 1 atom stereocenters. The summed E-state index contributed by atoms with van der Waals surface area (Å²) in [5, 5.41) is 12.0. The monoisotopic (exact) mass is 286 g/mol. The van der Waals surface area contributed by atoms with Crippen LogP contribution in [0.1, 0.15) is 34.9 Å². The van der Waals surface area contributed by atoms with Gasteiger partial charge >= 0.3 is 5.97 Å². The fraction of sp³-hybridized carbons (Fsp3) is 0.267. The minimum Gasteiger partial charge on any atom is -0.481 e. The summed E-state index contributed by atoms with van der Waals surface area (Å²) in [6, 6.07) is 6.64. The van der Waals surface area contributed by atoms with Crippen molar-refractivity contribution in [2.75, 3.05) is 0 Å². The number of nitrogens with zero attached hydrogens (tertiary/aromatic N) is 1. The van der Waals surface area contributed by atoms with E-state index in [1.165, 1.54) is 0 Å². The van der Waals surface area contributed by atoms with Crippen molar-refractivity contribution >= 4 is 22.8 Å². The molecule has 1 aliphatic rings. The Morgan fingerprint density at radius 3 is 2.76 bits per heavy atom. The lowest BCUT2D eigenvalue weighted by molar-refractivity contribution is -0.137. The number of para-hydroxylation sites is 1. The van der Waals surface area contributed by atoms with Crippen molar-refractivity contribution in [2.45, 2.75) is 18.9 Å². The molecule has 1 aromatic heterocycles. The standard InChI is InChI=1S/C15H14N2O4/c1-17-10-5-3-2-4-8(10)14(20)12-13(17)9(16-15(12)21)6-7-11(18)19/h2-5,9H,6-7H2,1H3,(H,16,21)(H,18,19). The first-order valence-corrected chi connectivity index (χ1v) is 6.65. The van der Waals surface area contributed by atoms with E-state index < -0.39 is 17.9 Å². The van der Waals surface area contributed by atoms with Crippen LogP contribution in [0.5, 0.6) is 0 Å². The first-order valence-electron chi connectivity index (χ1n) is 6.65. The van der Waals surface area contributed by atoms with Crippen LogP contribution in [0.4, 0.5) is 0 Å². The van der Waals surface area contributed by atoms with Crippen LogP contribution in [-0.4, -0.2) is 21.6 Å². The van der Waals surface area contributed by atoms with Crippen LogP contribution >= 0.6 is 0 Å². The molecule has 1 unspecified atom stereocenters. The molecule has 2 N–H and O–H groups in total. The van der Waals surface area contributed by atoms with Gasteiger partial charge in [-0.05, 0) is 18.6 Å². The van der Waals surface area contributed by atoms with Crippen LogP contribution in [0.25, 0.3) is 10.9 Å². The highest BCUT2D eigenvalue weighted by molar-refractivity contribution is 6.01. The molecule has 1 aliphatic heterocycles. The van der Waals surface area contributed by atoms with Crippen LogP contribution < -0.4 is 10.7 Å². The Hall–Kier alpha value is -2.63. The number of aromatic nitrogens is 1. The van der Waals surface area contributed by atoms with Gasteiger partial charge in [0.05, 0.1) is 17.3 Å². The second kappa shape index (κ2) is 4.73. The van der Waals surface area contributed by atoms with Gasteiger partial charge in [-0.2, -0.15) is 0 Å². The summed E-state index contributed by atoms with van der Waals surface area (Å²) >= 11 is 0. The molecule has 21 heavy (non-hydrogen) atoms. The fourth-order valence-electron chi connectivity index (χ4n) is 2.91. The molecule has 1 aromatic carbocycles. The Balaban J connectivity index is 2.22. The largest absolute Gasteiger partial charge is 0.481 e. The maximum absolute atomic E-state index is 12.5. The first-order chi connectivity index (χ1) is 10.0. The van der Waals surface area contributed by atoms with E-state index in [0.29, 0.717) is 11.1 Å². The Bertz CT molecular complexity index is 822. The number of hydrogen-bond acceptors (Lipinski definition) is 3.